The lowest BCUT2D eigenvalue weighted by molar-refractivity contribution is -0.123. The van der Waals surface area contributed by atoms with Crippen LogP contribution in [-0.2, 0) is 4.79 Å². The first-order valence-corrected chi connectivity index (χ1v) is 25.4. The maximum Gasteiger partial charge on any atom is 0.220 e. The SMILES string of the molecule is CCCCCCCCCCC/C=C\CCCCCCCCCC(=O)NC(CO)C(O)/C=C/CC/C=C/CC/C=C/CCCCCCCCCCCCCCCCC. The quantitative estimate of drug-likeness (QED) is 0.0424. The first kappa shape index (κ1) is 55.4. The molecule has 2 unspecified atom stereocenters. The van der Waals surface area contributed by atoms with Crippen molar-refractivity contribution < 1.29 is 15.0 Å². The van der Waals surface area contributed by atoms with E-state index in [1.165, 1.54) is 205 Å². The summed E-state index contributed by atoms with van der Waals surface area (Å²) < 4.78 is 0. The maximum atomic E-state index is 12.4. The molecule has 4 nitrogen and oxygen atoms in total. The Bertz CT molecular complexity index is 908. The van der Waals surface area contributed by atoms with E-state index in [1.807, 2.05) is 6.08 Å². The van der Waals surface area contributed by atoms with Crippen molar-refractivity contribution in [1.29, 1.82) is 0 Å². The fraction of sp³-hybridized carbons (Fsp3) is 0.830. The van der Waals surface area contributed by atoms with Crippen LogP contribution in [-0.4, -0.2) is 34.9 Å². The predicted octanol–water partition coefficient (Wildman–Crippen LogP) is 16.3. The van der Waals surface area contributed by atoms with Gasteiger partial charge >= 0.3 is 0 Å². The van der Waals surface area contributed by atoms with Crippen molar-refractivity contribution >= 4 is 5.91 Å². The van der Waals surface area contributed by atoms with Crippen LogP contribution in [0.1, 0.15) is 264 Å². The summed E-state index contributed by atoms with van der Waals surface area (Å²) in [6.45, 7) is 4.31. The second kappa shape index (κ2) is 48.7. The lowest BCUT2D eigenvalue weighted by Gasteiger charge is -2.19. The van der Waals surface area contributed by atoms with E-state index >= 15 is 0 Å². The molecule has 1 amide bonds. The van der Waals surface area contributed by atoms with Gasteiger partial charge in [0.2, 0.25) is 5.91 Å². The van der Waals surface area contributed by atoms with E-state index in [-0.39, 0.29) is 12.5 Å². The minimum absolute atomic E-state index is 0.0810. The minimum Gasteiger partial charge on any atom is -0.394 e. The van der Waals surface area contributed by atoms with Gasteiger partial charge in [-0.15, -0.1) is 0 Å². The van der Waals surface area contributed by atoms with E-state index in [1.54, 1.807) is 6.08 Å². The third kappa shape index (κ3) is 45.3. The topological polar surface area (TPSA) is 69.6 Å². The molecule has 0 aromatic heterocycles. The molecule has 0 saturated carbocycles. The van der Waals surface area contributed by atoms with Crippen LogP contribution >= 0.6 is 0 Å². The van der Waals surface area contributed by atoms with Crippen LogP contribution in [0.5, 0.6) is 0 Å². The van der Waals surface area contributed by atoms with Crippen LogP contribution < -0.4 is 5.32 Å². The molecule has 334 valence electrons. The molecule has 0 aliphatic carbocycles. The first-order valence-electron chi connectivity index (χ1n) is 25.4. The van der Waals surface area contributed by atoms with Crippen molar-refractivity contribution in [3.8, 4) is 0 Å². The van der Waals surface area contributed by atoms with Gasteiger partial charge in [-0.25, -0.2) is 0 Å². The number of aliphatic hydroxyl groups excluding tert-OH is 2. The molecule has 0 radical (unpaired) electrons. The summed E-state index contributed by atoms with van der Waals surface area (Å²) in [6, 6.07) is -0.649. The molecule has 0 saturated heterocycles. The van der Waals surface area contributed by atoms with E-state index in [0.717, 1.165) is 38.5 Å². The van der Waals surface area contributed by atoms with Crippen LogP contribution in [0.2, 0.25) is 0 Å². The molecule has 0 aliphatic rings. The highest BCUT2D eigenvalue weighted by Crippen LogP contribution is 2.15. The number of carbonyl (C=O) groups excluding carboxylic acids is 1. The van der Waals surface area contributed by atoms with Gasteiger partial charge in [0.25, 0.3) is 0 Å². The van der Waals surface area contributed by atoms with Crippen LogP contribution in [0.25, 0.3) is 0 Å². The van der Waals surface area contributed by atoms with Crippen molar-refractivity contribution in [1.82, 2.24) is 5.32 Å². The van der Waals surface area contributed by atoms with Crippen LogP contribution in [0.15, 0.2) is 48.6 Å². The smallest absolute Gasteiger partial charge is 0.220 e. The summed E-state index contributed by atoms with van der Waals surface area (Å²) >= 11 is 0. The molecule has 4 heteroatoms. The molecule has 0 spiro atoms. The summed E-state index contributed by atoms with van der Waals surface area (Å²) in [5, 5.41) is 23.1. The van der Waals surface area contributed by atoms with Crippen molar-refractivity contribution in [2.24, 2.45) is 0 Å². The summed E-state index contributed by atoms with van der Waals surface area (Å²) in [5.74, 6) is -0.0810. The molecule has 0 aliphatic heterocycles. The molecule has 3 N–H and O–H groups in total. The number of carbonyl (C=O) groups is 1. The third-order valence-electron chi connectivity index (χ3n) is 11.5. The monoisotopic (exact) mass is 798 g/mol. The summed E-state index contributed by atoms with van der Waals surface area (Å²) in [7, 11) is 0. The Morgan fingerprint density at radius 1 is 0.404 bits per heavy atom. The molecule has 57 heavy (non-hydrogen) atoms. The van der Waals surface area contributed by atoms with Gasteiger partial charge in [-0.3, -0.25) is 4.79 Å². The predicted molar refractivity (Wildman–Crippen MR) is 253 cm³/mol. The largest absolute Gasteiger partial charge is 0.394 e. The molecule has 0 aromatic rings. The summed E-state index contributed by atoms with van der Waals surface area (Å²) in [4.78, 5) is 12.4. The van der Waals surface area contributed by atoms with E-state index < -0.39 is 12.1 Å². The minimum atomic E-state index is -0.873. The van der Waals surface area contributed by atoms with Gasteiger partial charge in [-0.05, 0) is 70.6 Å². The average Bonchev–Trinajstić information content (AvgIpc) is 3.22. The Balaban J connectivity index is 3.60. The van der Waals surface area contributed by atoms with Crippen molar-refractivity contribution in [2.45, 2.75) is 276 Å². The fourth-order valence-corrected chi connectivity index (χ4v) is 7.62. The van der Waals surface area contributed by atoms with Crippen LogP contribution in [0.3, 0.4) is 0 Å². The molecule has 0 rings (SSSR count). The van der Waals surface area contributed by atoms with E-state index in [2.05, 4.69) is 55.6 Å². The van der Waals surface area contributed by atoms with Gasteiger partial charge in [-0.2, -0.15) is 0 Å². The molecule has 0 aromatic carbocycles. The van der Waals surface area contributed by atoms with Crippen molar-refractivity contribution in [3.05, 3.63) is 48.6 Å². The fourth-order valence-electron chi connectivity index (χ4n) is 7.62. The number of hydrogen-bond donors (Lipinski definition) is 3. The Morgan fingerprint density at radius 2 is 0.684 bits per heavy atom. The number of nitrogens with one attached hydrogen (secondary N) is 1. The molecular formula is C53H99NO3. The average molecular weight is 798 g/mol. The Labute approximate surface area is 356 Å². The lowest BCUT2D eigenvalue weighted by atomic mass is 10.0. The zero-order valence-electron chi connectivity index (χ0n) is 38.4. The number of rotatable bonds is 46. The highest BCUT2D eigenvalue weighted by molar-refractivity contribution is 5.76. The highest BCUT2D eigenvalue weighted by Gasteiger charge is 2.17. The molecule has 2 atom stereocenters. The molecular weight excluding hydrogens is 699 g/mol. The number of aliphatic hydroxyl groups is 2. The molecule has 0 bridgehead atoms. The summed E-state index contributed by atoms with van der Waals surface area (Å²) in [5.41, 5.74) is 0. The van der Waals surface area contributed by atoms with Crippen LogP contribution in [0, 0.1) is 0 Å². The lowest BCUT2D eigenvalue weighted by Crippen LogP contribution is -2.45. The van der Waals surface area contributed by atoms with E-state index in [4.69, 9.17) is 0 Å². The Kier molecular flexibility index (Phi) is 47.3. The van der Waals surface area contributed by atoms with Gasteiger partial charge in [0.15, 0.2) is 0 Å². The number of hydrogen-bond acceptors (Lipinski definition) is 3. The highest BCUT2D eigenvalue weighted by atomic mass is 16.3. The standard InChI is InChI=1S/C53H99NO3/c1-3-5-7-9-11-13-15-17-19-21-23-25-26-27-28-29-30-32-34-36-38-40-42-44-46-48-52(56)51(50-55)54-53(57)49-47-45-43-41-39-37-35-33-31-24-22-20-18-16-14-12-10-8-6-4-2/h24,30-32,38,40,46,48,51-52,55-56H,3-23,25-29,33-37,39,41-45,47,49-50H2,1-2H3,(H,54,57)/b31-24-,32-30+,40-38+,48-46+. The van der Waals surface area contributed by atoms with Gasteiger partial charge in [0.05, 0.1) is 18.8 Å². The third-order valence-corrected chi connectivity index (χ3v) is 11.5. The number of unbranched alkanes of at least 4 members (excludes halogenated alkanes) is 33. The molecule has 0 heterocycles. The Morgan fingerprint density at radius 3 is 1.02 bits per heavy atom. The van der Waals surface area contributed by atoms with Gasteiger partial charge in [0, 0.05) is 6.42 Å². The molecule has 0 fully saturated rings. The Hall–Kier alpha value is -1.65. The van der Waals surface area contributed by atoms with Gasteiger partial charge in [0.1, 0.15) is 0 Å². The van der Waals surface area contributed by atoms with E-state index in [9.17, 15) is 15.0 Å². The normalized spacial score (nSPS) is 13.3. The second-order valence-corrected chi connectivity index (χ2v) is 17.2. The van der Waals surface area contributed by atoms with E-state index in [0.29, 0.717) is 6.42 Å². The van der Waals surface area contributed by atoms with Crippen molar-refractivity contribution in [2.75, 3.05) is 6.61 Å². The summed E-state index contributed by atoms with van der Waals surface area (Å²) in [6.07, 6.45) is 66.8. The zero-order valence-corrected chi connectivity index (χ0v) is 38.4. The number of amides is 1. The maximum absolute atomic E-state index is 12.4. The number of allylic oxidation sites excluding steroid dienone is 7. The first-order chi connectivity index (χ1) is 28.2. The van der Waals surface area contributed by atoms with Crippen LogP contribution in [0.4, 0.5) is 0 Å². The van der Waals surface area contributed by atoms with Crippen molar-refractivity contribution in [3.63, 3.8) is 0 Å². The second-order valence-electron chi connectivity index (χ2n) is 17.2. The zero-order chi connectivity index (χ0) is 41.4. The van der Waals surface area contributed by atoms with Gasteiger partial charge in [-0.1, -0.05) is 236 Å². The van der Waals surface area contributed by atoms with Gasteiger partial charge < -0.3 is 15.5 Å².